The summed E-state index contributed by atoms with van der Waals surface area (Å²) in [5.74, 6) is 0.568. The molecule has 1 saturated heterocycles. The summed E-state index contributed by atoms with van der Waals surface area (Å²) in [5, 5.41) is 3.51. The maximum absolute atomic E-state index is 13.6. The molecule has 0 amide bonds. The number of nitrogens with one attached hydrogen (secondary N) is 1. The fraction of sp³-hybridized carbons (Fsp3) is 0.692. The van der Waals surface area contributed by atoms with E-state index in [1.54, 1.807) is 13.8 Å². The molecular formula is C13H20FN. The first kappa shape index (κ1) is 10.9. The minimum atomic E-state index is -1.19. The van der Waals surface area contributed by atoms with Gasteiger partial charge in [-0.3, -0.25) is 0 Å². The minimum Gasteiger partial charge on any atom is -0.313 e. The van der Waals surface area contributed by atoms with Gasteiger partial charge >= 0.3 is 0 Å². The molecule has 1 aliphatic carbocycles. The van der Waals surface area contributed by atoms with E-state index in [1.807, 2.05) is 6.08 Å². The van der Waals surface area contributed by atoms with E-state index >= 15 is 0 Å². The van der Waals surface area contributed by atoms with Crippen LogP contribution >= 0.6 is 0 Å². The predicted molar refractivity (Wildman–Crippen MR) is 61.5 cm³/mol. The second kappa shape index (κ2) is 4.09. The molecule has 0 saturated carbocycles. The largest absolute Gasteiger partial charge is 0.313 e. The second-order valence-corrected chi connectivity index (χ2v) is 5.09. The van der Waals surface area contributed by atoms with E-state index in [9.17, 15) is 4.39 Å². The highest BCUT2D eigenvalue weighted by atomic mass is 19.1. The summed E-state index contributed by atoms with van der Waals surface area (Å²) in [6.07, 6.45) is 9.73. The van der Waals surface area contributed by atoms with E-state index in [4.69, 9.17) is 0 Å². The van der Waals surface area contributed by atoms with Gasteiger partial charge in [-0.25, -0.2) is 4.39 Å². The highest BCUT2D eigenvalue weighted by Crippen LogP contribution is 2.30. The Labute approximate surface area is 91.4 Å². The van der Waals surface area contributed by atoms with Crippen LogP contribution in [-0.2, 0) is 0 Å². The molecule has 84 valence electrons. The summed E-state index contributed by atoms with van der Waals surface area (Å²) in [7, 11) is 0. The minimum absolute atomic E-state index is 0.568. The van der Waals surface area contributed by atoms with Crippen molar-refractivity contribution in [3.63, 3.8) is 0 Å². The van der Waals surface area contributed by atoms with E-state index in [0.717, 1.165) is 18.5 Å². The number of hydrogen-bond acceptors (Lipinski definition) is 1. The third kappa shape index (κ3) is 2.49. The van der Waals surface area contributed by atoms with Crippen LogP contribution in [0.2, 0.25) is 0 Å². The molecule has 1 unspecified atom stereocenters. The first-order valence-electron chi connectivity index (χ1n) is 5.88. The van der Waals surface area contributed by atoms with Crippen LogP contribution in [-0.4, -0.2) is 18.3 Å². The first-order valence-corrected chi connectivity index (χ1v) is 5.88. The van der Waals surface area contributed by atoms with E-state index in [0.29, 0.717) is 12.0 Å². The van der Waals surface area contributed by atoms with Crippen molar-refractivity contribution in [2.24, 2.45) is 5.92 Å². The molecule has 2 atom stereocenters. The topological polar surface area (TPSA) is 12.0 Å². The summed E-state index contributed by atoms with van der Waals surface area (Å²) >= 11 is 0. The molecule has 1 aliphatic heterocycles. The van der Waals surface area contributed by atoms with Crippen molar-refractivity contribution in [2.75, 3.05) is 6.54 Å². The molecule has 0 bridgehead atoms. The lowest BCUT2D eigenvalue weighted by atomic mass is 9.85. The van der Waals surface area contributed by atoms with Crippen LogP contribution in [0.5, 0.6) is 0 Å². The fourth-order valence-electron chi connectivity index (χ4n) is 2.45. The number of rotatable bonds is 2. The van der Waals surface area contributed by atoms with Crippen LogP contribution in [0.3, 0.4) is 0 Å². The zero-order valence-electron chi connectivity index (χ0n) is 9.59. The van der Waals surface area contributed by atoms with Crippen molar-refractivity contribution < 1.29 is 4.39 Å². The smallest absolute Gasteiger partial charge is 0.130 e. The Bertz CT molecular complexity index is 279. The Hall–Kier alpha value is -0.630. The Balaban J connectivity index is 1.97. The average Bonchev–Trinajstić information content (AvgIpc) is 2.69. The SMILES string of the molecule is CC(C)(F)C1=CCC([C@H]2CCCN2)C=C1. The molecule has 1 nitrogen and oxygen atoms in total. The highest BCUT2D eigenvalue weighted by molar-refractivity contribution is 5.31. The van der Waals surface area contributed by atoms with Gasteiger partial charge in [0.2, 0.25) is 0 Å². The molecule has 0 radical (unpaired) electrons. The molecule has 2 aliphatic rings. The quantitative estimate of drug-likeness (QED) is 0.737. The van der Waals surface area contributed by atoms with Crippen molar-refractivity contribution in [1.82, 2.24) is 5.32 Å². The van der Waals surface area contributed by atoms with Crippen molar-refractivity contribution >= 4 is 0 Å². The Morgan fingerprint density at radius 3 is 2.73 bits per heavy atom. The number of allylic oxidation sites excluding steroid dienone is 3. The summed E-state index contributed by atoms with van der Waals surface area (Å²) in [4.78, 5) is 0. The van der Waals surface area contributed by atoms with Crippen LogP contribution in [0.25, 0.3) is 0 Å². The zero-order valence-corrected chi connectivity index (χ0v) is 9.59. The lowest BCUT2D eigenvalue weighted by Crippen LogP contribution is -2.30. The molecule has 1 fully saturated rings. The standard InChI is InChI=1S/C13H20FN/c1-13(2,14)11-7-5-10(6-8-11)12-4-3-9-15-12/h5,7-8,10,12,15H,3-4,6,9H2,1-2H3/t10?,12-/m1/s1. The molecule has 2 rings (SSSR count). The van der Waals surface area contributed by atoms with E-state index < -0.39 is 5.67 Å². The van der Waals surface area contributed by atoms with Crippen LogP contribution in [0.15, 0.2) is 23.8 Å². The summed E-state index contributed by atoms with van der Waals surface area (Å²) < 4.78 is 13.6. The Kier molecular flexibility index (Phi) is 2.96. The molecule has 15 heavy (non-hydrogen) atoms. The van der Waals surface area contributed by atoms with E-state index in [2.05, 4.69) is 17.5 Å². The molecule has 0 aromatic carbocycles. The molecule has 1 heterocycles. The average molecular weight is 209 g/mol. The van der Waals surface area contributed by atoms with Gasteiger partial charge in [-0.05, 0) is 51.1 Å². The van der Waals surface area contributed by atoms with Gasteiger partial charge in [0, 0.05) is 6.04 Å². The lowest BCUT2D eigenvalue weighted by Gasteiger charge is -2.25. The number of hydrogen-bond donors (Lipinski definition) is 1. The van der Waals surface area contributed by atoms with E-state index in [-0.39, 0.29) is 0 Å². The van der Waals surface area contributed by atoms with Crippen LogP contribution < -0.4 is 5.32 Å². The van der Waals surface area contributed by atoms with Crippen molar-refractivity contribution in [2.45, 2.75) is 44.8 Å². The maximum Gasteiger partial charge on any atom is 0.130 e. The zero-order chi connectivity index (χ0) is 10.9. The molecule has 2 heteroatoms. The monoisotopic (exact) mass is 209 g/mol. The van der Waals surface area contributed by atoms with Gasteiger partial charge in [0.1, 0.15) is 5.67 Å². The number of alkyl halides is 1. The third-order valence-corrected chi connectivity index (χ3v) is 3.43. The third-order valence-electron chi connectivity index (χ3n) is 3.43. The van der Waals surface area contributed by atoms with Crippen LogP contribution in [0, 0.1) is 5.92 Å². The summed E-state index contributed by atoms with van der Waals surface area (Å²) in [5.41, 5.74) is -0.360. The van der Waals surface area contributed by atoms with Gasteiger partial charge in [0.25, 0.3) is 0 Å². The fourth-order valence-corrected chi connectivity index (χ4v) is 2.45. The van der Waals surface area contributed by atoms with Crippen LogP contribution in [0.1, 0.15) is 33.1 Å². The molecule has 0 aromatic rings. The molecule has 0 spiro atoms. The van der Waals surface area contributed by atoms with Crippen molar-refractivity contribution in [3.05, 3.63) is 23.8 Å². The second-order valence-electron chi connectivity index (χ2n) is 5.09. The Morgan fingerprint density at radius 1 is 1.47 bits per heavy atom. The van der Waals surface area contributed by atoms with Crippen LogP contribution in [0.4, 0.5) is 4.39 Å². The number of halogens is 1. The highest BCUT2D eigenvalue weighted by Gasteiger charge is 2.27. The van der Waals surface area contributed by atoms with E-state index in [1.165, 1.54) is 12.8 Å². The van der Waals surface area contributed by atoms with Gasteiger partial charge in [0.05, 0.1) is 0 Å². The predicted octanol–water partition coefficient (Wildman–Crippen LogP) is 2.99. The lowest BCUT2D eigenvalue weighted by molar-refractivity contribution is 0.271. The summed E-state index contributed by atoms with van der Waals surface area (Å²) in [6, 6.07) is 0.613. The Morgan fingerprint density at radius 2 is 2.27 bits per heavy atom. The first-order chi connectivity index (χ1) is 7.07. The maximum atomic E-state index is 13.6. The summed E-state index contributed by atoms with van der Waals surface area (Å²) in [6.45, 7) is 4.38. The molecule has 1 N–H and O–H groups in total. The van der Waals surface area contributed by atoms with Crippen molar-refractivity contribution in [3.8, 4) is 0 Å². The van der Waals surface area contributed by atoms with Gasteiger partial charge in [-0.15, -0.1) is 0 Å². The normalized spacial score (nSPS) is 31.8. The molecule has 0 aromatic heterocycles. The van der Waals surface area contributed by atoms with Gasteiger partial charge in [-0.2, -0.15) is 0 Å². The molecular weight excluding hydrogens is 189 g/mol. The van der Waals surface area contributed by atoms with Gasteiger partial charge < -0.3 is 5.32 Å². The van der Waals surface area contributed by atoms with Gasteiger partial charge in [-0.1, -0.05) is 18.2 Å². The van der Waals surface area contributed by atoms with Crippen molar-refractivity contribution in [1.29, 1.82) is 0 Å². The van der Waals surface area contributed by atoms with Gasteiger partial charge in [0.15, 0.2) is 0 Å².